The topological polar surface area (TPSA) is 0 Å². The lowest BCUT2D eigenvalue weighted by Gasteiger charge is -1.95. The fraction of sp³-hybridized carbons (Fsp3) is 0.333. The molecule has 0 saturated heterocycles. The molecule has 0 rings (SSSR count). The molecular formula is C9H12F2. The predicted octanol–water partition coefficient (Wildman–Crippen LogP) is 3.68. The second-order valence-corrected chi connectivity index (χ2v) is 2.39. The van der Waals surface area contributed by atoms with Gasteiger partial charge < -0.3 is 0 Å². The van der Waals surface area contributed by atoms with Gasteiger partial charge in [-0.1, -0.05) is 18.2 Å². The predicted molar refractivity (Wildman–Crippen MR) is 43.5 cm³/mol. The van der Waals surface area contributed by atoms with Crippen molar-refractivity contribution in [2.45, 2.75) is 20.3 Å². The first-order chi connectivity index (χ1) is 5.07. The molecule has 0 aliphatic carbocycles. The monoisotopic (exact) mass is 158 g/mol. The van der Waals surface area contributed by atoms with Crippen LogP contribution in [0.1, 0.15) is 20.3 Å². The van der Waals surface area contributed by atoms with Gasteiger partial charge >= 0.3 is 0 Å². The van der Waals surface area contributed by atoms with E-state index >= 15 is 0 Å². The van der Waals surface area contributed by atoms with Gasteiger partial charge in [0.05, 0.1) is 0 Å². The van der Waals surface area contributed by atoms with Gasteiger partial charge in [-0.05, 0) is 19.9 Å². The van der Waals surface area contributed by atoms with Crippen molar-refractivity contribution in [3.8, 4) is 0 Å². The highest BCUT2D eigenvalue weighted by atomic mass is 19.2. The van der Waals surface area contributed by atoms with Crippen molar-refractivity contribution >= 4 is 0 Å². The maximum Gasteiger partial charge on any atom is 0.154 e. The number of halogens is 2. The zero-order chi connectivity index (χ0) is 8.85. The summed E-state index contributed by atoms with van der Waals surface area (Å²) in [5, 5.41) is 0. The molecule has 0 radical (unpaired) electrons. The molecule has 0 nitrogen and oxygen atoms in total. The van der Waals surface area contributed by atoms with Gasteiger partial charge in [-0.25, -0.2) is 8.78 Å². The summed E-state index contributed by atoms with van der Waals surface area (Å²) in [5.74, 6) is -1.56. The molecule has 0 aliphatic rings. The Balaban J connectivity index is 4.27. The van der Waals surface area contributed by atoms with Gasteiger partial charge in [0.1, 0.15) is 5.83 Å². The van der Waals surface area contributed by atoms with Crippen LogP contribution in [-0.4, -0.2) is 0 Å². The van der Waals surface area contributed by atoms with Crippen molar-refractivity contribution in [1.82, 2.24) is 0 Å². The quantitative estimate of drug-likeness (QED) is 0.434. The zero-order valence-electron chi connectivity index (χ0n) is 6.82. The molecule has 0 amide bonds. The van der Waals surface area contributed by atoms with Crippen LogP contribution in [0.15, 0.2) is 36.0 Å². The molecule has 0 saturated carbocycles. The minimum Gasteiger partial charge on any atom is -0.208 e. The molecule has 0 atom stereocenters. The van der Waals surface area contributed by atoms with E-state index in [9.17, 15) is 8.78 Å². The molecule has 0 spiro atoms. The summed E-state index contributed by atoms with van der Waals surface area (Å²) in [4.78, 5) is 0. The van der Waals surface area contributed by atoms with E-state index in [1.807, 2.05) is 0 Å². The molecular weight excluding hydrogens is 146 g/mol. The smallest absolute Gasteiger partial charge is 0.154 e. The lowest BCUT2D eigenvalue weighted by Crippen LogP contribution is -1.79. The number of hydrogen-bond acceptors (Lipinski definition) is 0. The van der Waals surface area contributed by atoms with E-state index in [1.54, 1.807) is 13.8 Å². The van der Waals surface area contributed by atoms with E-state index in [-0.39, 0.29) is 6.42 Å². The molecule has 0 aromatic heterocycles. The van der Waals surface area contributed by atoms with Crippen molar-refractivity contribution in [1.29, 1.82) is 0 Å². The summed E-state index contributed by atoms with van der Waals surface area (Å²) in [6.07, 6.45) is 2.53. The summed E-state index contributed by atoms with van der Waals surface area (Å²) >= 11 is 0. The molecule has 11 heavy (non-hydrogen) atoms. The van der Waals surface area contributed by atoms with Crippen molar-refractivity contribution in [3.05, 3.63) is 36.0 Å². The summed E-state index contributed by atoms with van der Waals surface area (Å²) in [5.41, 5.74) is 0.613. The first-order valence-corrected chi connectivity index (χ1v) is 3.39. The van der Waals surface area contributed by atoms with E-state index in [1.165, 1.54) is 6.08 Å². The Morgan fingerprint density at radius 2 is 2.00 bits per heavy atom. The van der Waals surface area contributed by atoms with Crippen LogP contribution in [0, 0.1) is 0 Å². The largest absolute Gasteiger partial charge is 0.208 e. The molecule has 0 heterocycles. The molecule has 0 fully saturated rings. The summed E-state index contributed by atoms with van der Waals surface area (Å²) in [6, 6.07) is 0. The van der Waals surface area contributed by atoms with Gasteiger partial charge in [0.2, 0.25) is 0 Å². The maximum atomic E-state index is 12.6. The molecule has 0 N–H and O–H groups in total. The fourth-order valence-electron chi connectivity index (χ4n) is 0.586. The van der Waals surface area contributed by atoms with Crippen LogP contribution in [0.2, 0.25) is 0 Å². The first kappa shape index (κ1) is 10.1. The van der Waals surface area contributed by atoms with Crippen LogP contribution in [0.4, 0.5) is 8.78 Å². The van der Waals surface area contributed by atoms with Crippen LogP contribution in [0.5, 0.6) is 0 Å². The second kappa shape index (κ2) is 4.83. The van der Waals surface area contributed by atoms with E-state index in [2.05, 4.69) is 6.58 Å². The van der Waals surface area contributed by atoms with Crippen LogP contribution in [-0.2, 0) is 0 Å². The van der Waals surface area contributed by atoms with Crippen molar-refractivity contribution in [2.24, 2.45) is 0 Å². The normalized spacial score (nSPS) is 13.5. The Morgan fingerprint density at radius 3 is 2.36 bits per heavy atom. The van der Waals surface area contributed by atoms with E-state index < -0.39 is 11.7 Å². The van der Waals surface area contributed by atoms with Crippen molar-refractivity contribution < 1.29 is 8.78 Å². The Labute approximate surface area is 65.9 Å². The maximum absolute atomic E-state index is 12.6. The number of hydrogen-bond donors (Lipinski definition) is 0. The van der Waals surface area contributed by atoms with Gasteiger partial charge in [0, 0.05) is 6.42 Å². The zero-order valence-corrected chi connectivity index (χ0v) is 6.82. The van der Waals surface area contributed by atoms with Crippen molar-refractivity contribution in [3.63, 3.8) is 0 Å². The van der Waals surface area contributed by atoms with Gasteiger partial charge in [-0.15, -0.1) is 0 Å². The standard InChI is InChI=1S/C9H12F2/c1-4-5-8(10)9(11)6-7(2)3/h4-5H,2,6H2,1,3H3/b5-4-,9-8-. The highest BCUT2D eigenvalue weighted by molar-refractivity contribution is 5.18. The minimum absolute atomic E-state index is 0.0177. The SMILES string of the molecule is C=C(C)C/C(F)=C(F)\C=C/C. The van der Waals surface area contributed by atoms with Crippen LogP contribution in [0.25, 0.3) is 0 Å². The molecule has 0 unspecified atom stereocenters. The van der Waals surface area contributed by atoms with E-state index in [0.29, 0.717) is 5.57 Å². The molecule has 0 aliphatic heterocycles. The van der Waals surface area contributed by atoms with Crippen molar-refractivity contribution in [2.75, 3.05) is 0 Å². The van der Waals surface area contributed by atoms with Crippen LogP contribution in [0.3, 0.4) is 0 Å². The van der Waals surface area contributed by atoms with Crippen LogP contribution >= 0.6 is 0 Å². The Kier molecular flexibility index (Phi) is 4.42. The third kappa shape index (κ3) is 4.48. The Hall–Kier alpha value is -0.920. The van der Waals surface area contributed by atoms with Gasteiger partial charge in [-0.2, -0.15) is 0 Å². The molecule has 0 aromatic rings. The highest BCUT2D eigenvalue weighted by Gasteiger charge is 2.01. The van der Waals surface area contributed by atoms with Crippen LogP contribution < -0.4 is 0 Å². The summed E-state index contributed by atoms with van der Waals surface area (Å²) in [6.45, 7) is 6.76. The molecule has 0 aromatic carbocycles. The summed E-state index contributed by atoms with van der Waals surface area (Å²) < 4.78 is 25.2. The second-order valence-electron chi connectivity index (χ2n) is 2.39. The fourth-order valence-corrected chi connectivity index (χ4v) is 0.586. The average Bonchev–Trinajstić information content (AvgIpc) is 1.86. The van der Waals surface area contributed by atoms with E-state index in [0.717, 1.165) is 6.08 Å². The third-order valence-electron chi connectivity index (χ3n) is 1.03. The first-order valence-electron chi connectivity index (χ1n) is 3.39. The molecule has 2 heteroatoms. The highest BCUT2D eigenvalue weighted by Crippen LogP contribution is 2.16. The van der Waals surface area contributed by atoms with Gasteiger partial charge in [0.15, 0.2) is 5.83 Å². The summed E-state index contributed by atoms with van der Waals surface area (Å²) in [7, 11) is 0. The lowest BCUT2D eigenvalue weighted by molar-refractivity contribution is 0.536. The Bertz CT molecular complexity index is 200. The molecule has 0 bridgehead atoms. The number of rotatable bonds is 3. The Morgan fingerprint density at radius 1 is 1.45 bits per heavy atom. The average molecular weight is 158 g/mol. The molecule has 62 valence electrons. The van der Waals surface area contributed by atoms with E-state index in [4.69, 9.17) is 0 Å². The third-order valence-corrected chi connectivity index (χ3v) is 1.03. The van der Waals surface area contributed by atoms with Gasteiger partial charge in [-0.3, -0.25) is 0 Å². The lowest BCUT2D eigenvalue weighted by atomic mass is 10.2. The number of allylic oxidation sites excluding steroid dienone is 5. The minimum atomic E-state index is -0.810. The van der Waals surface area contributed by atoms with Gasteiger partial charge in [0.25, 0.3) is 0 Å².